The highest BCUT2D eigenvalue weighted by molar-refractivity contribution is 6.05. The maximum atomic E-state index is 13.0. The van der Waals surface area contributed by atoms with Gasteiger partial charge in [-0.25, -0.2) is 15.0 Å². The Hall–Kier alpha value is -4.58. The summed E-state index contributed by atoms with van der Waals surface area (Å²) in [5.41, 5.74) is 11.0. The Balaban J connectivity index is 1.27. The minimum Gasteiger partial charge on any atom is -0.382 e. The molecule has 1 amide bonds. The first-order valence-electron chi connectivity index (χ1n) is 13.5. The van der Waals surface area contributed by atoms with Crippen LogP contribution in [-0.2, 0) is 0 Å². The number of aromatic nitrogens is 6. The molecule has 206 valence electrons. The van der Waals surface area contributed by atoms with E-state index in [-0.39, 0.29) is 5.91 Å². The first-order valence-corrected chi connectivity index (χ1v) is 13.5. The molecule has 5 heterocycles. The molecular formula is C28H33N11O. The number of H-pyrrole nitrogens is 1. The van der Waals surface area contributed by atoms with E-state index in [9.17, 15) is 4.79 Å². The topological polar surface area (TPSA) is 154 Å². The predicted molar refractivity (Wildman–Crippen MR) is 157 cm³/mol. The van der Waals surface area contributed by atoms with Crippen molar-refractivity contribution in [3.8, 4) is 0 Å². The van der Waals surface area contributed by atoms with Gasteiger partial charge < -0.3 is 21.3 Å². The van der Waals surface area contributed by atoms with Crippen LogP contribution in [0.4, 0.5) is 29.1 Å². The summed E-state index contributed by atoms with van der Waals surface area (Å²) in [6.45, 7) is 11.6. The van der Waals surface area contributed by atoms with Gasteiger partial charge in [0.05, 0.1) is 5.69 Å². The van der Waals surface area contributed by atoms with E-state index in [0.29, 0.717) is 51.7 Å². The lowest BCUT2D eigenvalue weighted by atomic mass is 10.00. The number of fused-ring (bicyclic) bond motifs is 2. The number of aryl methyl sites for hydroxylation is 1. The molecule has 1 unspecified atom stereocenters. The van der Waals surface area contributed by atoms with Crippen LogP contribution in [0.5, 0.6) is 0 Å². The van der Waals surface area contributed by atoms with Crippen molar-refractivity contribution in [1.82, 2.24) is 35.0 Å². The number of nitrogens with two attached hydrogens (primary N) is 1. The van der Waals surface area contributed by atoms with Gasteiger partial charge in [0, 0.05) is 43.0 Å². The van der Waals surface area contributed by atoms with Gasteiger partial charge in [-0.2, -0.15) is 10.1 Å². The summed E-state index contributed by atoms with van der Waals surface area (Å²) >= 11 is 0. The molecule has 0 radical (unpaired) electrons. The molecule has 12 nitrogen and oxygen atoms in total. The number of hydrogen-bond donors (Lipinski definition) is 4. The van der Waals surface area contributed by atoms with Gasteiger partial charge in [-0.3, -0.25) is 14.8 Å². The van der Waals surface area contributed by atoms with Crippen molar-refractivity contribution < 1.29 is 4.79 Å². The number of carbonyl (C=O) groups is 1. The van der Waals surface area contributed by atoms with Gasteiger partial charge >= 0.3 is 0 Å². The fourth-order valence-electron chi connectivity index (χ4n) is 5.35. The molecule has 1 aromatic carbocycles. The van der Waals surface area contributed by atoms with Crippen molar-refractivity contribution in [1.29, 1.82) is 0 Å². The van der Waals surface area contributed by atoms with Crippen molar-refractivity contribution in [3.63, 3.8) is 0 Å². The Morgan fingerprint density at radius 1 is 1.12 bits per heavy atom. The van der Waals surface area contributed by atoms with E-state index in [1.807, 2.05) is 19.9 Å². The summed E-state index contributed by atoms with van der Waals surface area (Å²) in [6.07, 6.45) is 5.15. The highest BCUT2D eigenvalue weighted by Gasteiger charge is 2.30. The smallest absolute Gasteiger partial charge is 0.256 e. The van der Waals surface area contributed by atoms with Crippen molar-refractivity contribution in [2.75, 3.05) is 47.4 Å². The fourth-order valence-corrected chi connectivity index (χ4v) is 5.35. The molecule has 0 spiro atoms. The number of anilines is 5. The number of allylic oxidation sites excluding steroid dienone is 1. The molecule has 2 aliphatic rings. The van der Waals surface area contributed by atoms with Crippen LogP contribution in [-0.4, -0.2) is 73.2 Å². The van der Waals surface area contributed by atoms with Crippen LogP contribution in [0.15, 0.2) is 37.2 Å². The summed E-state index contributed by atoms with van der Waals surface area (Å²) in [7, 11) is 0. The van der Waals surface area contributed by atoms with E-state index in [1.165, 1.54) is 25.6 Å². The molecule has 2 saturated heterocycles. The molecule has 40 heavy (non-hydrogen) atoms. The van der Waals surface area contributed by atoms with E-state index in [1.54, 1.807) is 18.2 Å². The van der Waals surface area contributed by atoms with Crippen LogP contribution < -0.4 is 21.3 Å². The zero-order chi connectivity index (χ0) is 27.8. The van der Waals surface area contributed by atoms with Crippen LogP contribution in [0.1, 0.15) is 47.8 Å². The molecule has 4 aromatic rings. The maximum absolute atomic E-state index is 13.0. The van der Waals surface area contributed by atoms with E-state index in [2.05, 4.69) is 52.2 Å². The molecule has 2 aliphatic heterocycles. The first-order chi connectivity index (χ1) is 19.4. The molecular weight excluding hydrogens is 506 g/mol. The van der Waals surface area contributed by atoms with Gasteiger partial charge in [0.2, 0.25) is 5.95 Å². The molecule has 0 aliphatic carbocycles. The summed E-state index contributed by atoms with van der Waals surface area (Å²) in [6, 6.07) is 7.69. The normalized spacial score (nSPS) is 17.4. The zero-order valence-electron chi connectivity index (χ0n) is 22.7. The predicted octanol–water partition coefficient (Wildman–Crippen LogP) is 3.74. The van der Waals surface area contributed by atoms with Crippen LogP contribution in [0, 0.1) is 6.92 Å². The number of rotatable bonds is 6. The van der Waals surface area contributed by atoms with E-state index in [0.717, 1.165) is 43.0 Å². The molecule has 6 rings (SSSR count). The largest absolute Gasteiger partial charge is 0.382 e. The molecule has 1 atom stereocenters. The summed E-state index contributed by atoms with van der Waals surface area (Å²) in [5.74, 6) is 1.62. The first kappa shape index (κ1) is 25.7. The third kappa shape index (κ3) is 5.05. The second kappa shape index (κ2) is 10.5. The Bertz CT molecular complexity index is 1600. The SMILES string of the molecule is C=C(C)c1cc(NC(=O)c2ccc(C)c(Nc3ncnc4c(N)nc(N5CCN6CCCCC6C5)nc34)c2)[nH]n1. The van der Waals surface area contributed by atoms with Crippen molar-refractivity contribution >= 4 is 51.6 Å². The van der Waals surface area contributed by atoms with E-state index >= 15 is 0 Å². The lowest BCUT2D eigenvalue weighted by molar-refractivity contribution is 0.102. The minimum absolute atomic E-state index is 0.275. The number of benzene rings is 1. The Labute approximate surface area is 232 Å². The van der Waals surface area contributed by atoms with Crippen molar-refractivity contribution in [2.24, 2.45) is 0 Å². The number of piperidine rings is 1. The Kier molecular flexibility index (Phi) is 6.76. The van der Waals surface area contributed by atoms with Crippen LogP contribution in [0.25, 0.3) is 16.6 Å². The third-order valence-electron chi connectivity index (χ3n) is 7.63. The molecule has 0 bridgehead atoms. The van der Waals surface area contributed by atoms with Crippen molar-refractivity contribution in [3.05, 3.63) is 54.0 Å². The van der Waals surface area contributed by atoms with E-state index in [4.69, 9.17) is 10.7 Å². The average molecular weight is 540 g/mol. The van der Waals surface area contributed by atoms with Gasteiger partial charge in [0.1, 0.15) is 23.2 Å². The lowest BCUT2D eigenvalue weighted by Crippen LogP contribution is -2.55. The quantitative estimate of drug-likeness (QED) is 0.285. The van der Waals surface area contributed by atoms with Gasteiger partial charge in [-0.15, -0.1) is 0 Å². The monoisotopic (exact) mass is 539 g/mol. The third-order valence-corrected chi connectivity index (χ3v) is 7.63. The number of amides is 1. The summed E-state index contributed by atoms with van der Waals surface area (Å²) < 4.78 is 0. The van der Waals surface area contributed by atoms with Gasteiger partial charge in [-0.05, 0) is 56.5 Å². The number of nitrogens with one attached hydrogen (secondary N) is 3. The zero-order valence-corrected chi connectivity index (χ0v) is 22.7. The molecule has 5 N–H and O–H groups in total. The maximum Gasteiger partial charge on any atom is 0.256 e. The fraction of sp³-hybridized carbons (Fsp3) is 0.357. The summed E-state index contributed by atoms with van der Waals surface area (Å²) in [5, 5.41) is 13.2. The highest BCUT2D eigenvalue weighted by atomic mass is 16.1. The Morgan fingerprint density at radius 3 is 2.83 bits per heavy atom. The number of nitrogen functional groups attached to an aromatic ring is 1. The van der Waals surface area contributed by atoms with Crippen LogP contribution in [0.2, 0.25) is 0 Å². The second-order valence-electron chi connectivity index (χ2n) is 10.5. The second-order valence-corrected chi connectivity index (χ2v) is 10.5. The Morgan fingerprint density at radius 2 is 2.00 bits per heavy atom. The molecule has 0 saturated carbocycles. The van der Waals surface area contributed by atoms with Crippen LogP contribution in [0.3, 0.4) is 0 Å². The van der Waals surface area contributed by atoms with Gasteiger partial charge in [0.25, 0.3) is 5.91 Å². The molecule has 3 aromatic heterocycles. The number of carbonyl (C=O) groups excluding carboxylic acids is 1. The van der Waals surface area contributed by atoms with Gasteiger partial charge in [-0.1, -0.05) is 19.1 Å². The average Bonchev–Trinajstić information content (AvgIpc) is 3.43. The standard InChI is InChI=1S/C28H33N11O/c1-16(2)20-13-22(37-36-20)33-27(40)18-8-7-17(3)21(12-18)32-26-24-23(30-15-31-26)25(29)35-28(34-24)39-11-10-38-9-5-4-6-19(38)14-39/h7-8,12-13,15,19H,1,4-6,9-11,14H2,2-3H3,(H2,29,34,35)(H,30,31,32)(H2,33,36,37,40). The number of aromatic amines is 1. The van der Waals surface area contributed by atoms with Crippen LogP contribution >= 0.6 is 0 Å². The highest BCUT2D eigenvalue weighted by Crippen LogP contribution is 2.30. The number of nitrogens with zero attached hydrogens (tertiary/aromatic N) is 7. The van der Waals surface area contributed by atoms with Crippen molar-refractivity contribution in [2.45, 2.75) is 39.2 Å². The molecule has 2 fully saturated rings. The lowest BCUT2D eigenvalue weighted by Gasteiger charge is -2.44. The number of hydrogen-bond acceptors (Lipinski definition) is 10. The summed E-state index contributed by atoms with van der Waals surface area (Å²) in [4.78, 5) is 36.1. The molecule has 12 heteroatoms. The van der Waals surface area contributed by atoms with E-state index < -0.39 is 0 Å². The number of piperazine rings is 1. The van der Waals surface area contributed by atoms with Gasteiger partial charge in [0.15, 0.2) is 11.6 Å². The minimum atomic E-state index is -0.275.